The minimum Gasteiger partial charge on any atom is -0.491 e. The van der Waals surface area contributed by atoms with Crippen LogP contribution in [-0.2, 0) is 4.79 Å². The van der Waals surface area contributed by atoms with Gasteiger partial charge in [0, 0.05) is 17.2 Å². The van der Waals surface area contributed by atoms with E-state index in [0.717, 1.165) is 33.5 Å². The molecule has 0 aliphatic carbocycles. The molecular weight excluding hydrogens is 504 g/mol. The summed E-state index contributed by atoms with van der Waals surface area (Å²) in [6, 6.07) is 13.4. The van der Waals surface area contributed by atoms with E-state index in [1.807, 2.05) is 25.1 Å². The number of hydrogen-bond acceptors (Lipinski definition) is 7. The number of carbonyl (C=O) groups excluding carboxylic acids is 2. The normalized spacial score (nSPS) is 14.8. The predicted molar refractivity (Wildman–Crippen MR) is 139 cm³/mol. The second-order valence-electron chi connectivity index (χ2n) is 8.50. The summed E-state index contributed by atoms with van der Waals surface area (Å²) in [5.41, 5.74) is 2.18. The first-order chi connectivity index (χ1) is 17.1. The molecule has 0 atom stereocenters. The molecule has 10 heteroatoms. The van der Waals surface area contributed by atoms with Crippen molar-refractivity contribution in [2.75, 3.05) is 13.2 Å². The van der Waals surface area contributed by atoms with Gasteiger partial charge in [-0.15, -0.1) is 0 Å². The molecule has 2 aromatic carbocycles. The van der Waals surface area contributed by atoms with Gasteiger partial charge in [-0.25, -0.2) is 0 Å². The van der Waals surface area contributed by atoms with Gasteiger partial charge in [0.1, 0.15) is 23.9 Å². The number of imide groups is 1. The highest BCUT2D eigenvalue weighted by molar-refractivity contribution is 8.18. The number of halogens is 1. The molecule has 2 heterocycles. The van der Waals surface area contributed by atoms with E-state index in [1.165, 1.54) is 24.3 Å². The number of hydrogen-bond donors (Lipinski definition) is 0. The van der Waals surface area contributed by atoms with Gasteiger partial charge >= 0.3 is 0 Å². The lowest BCUT2D eigenvalue weighted by Crippen LogP contribution is -2.32. The molecule has 4 rings (SSSR count). The quantitative estimate of drug-likeness (QED) is 0.176. The molecule has 0 radical (unpaired) electrons. The van der Waals surface area contributed by atoms with E-state index in [0.29, 0.717) is 0 Å². The van der Waals surface area contributed by atoms with Crippen molar-refractivity contribution in [2.45, 2.75) is 26.7 Å². The standard InChI is InChI=1S/C26H23ClN2O6S/c1-15(2)19-7-4-16(3)12-23(19)34-11-10-28-25(30)24(36-26(28)31)14-18-6-9-22(35-18)20-8-5-17(27)13-21(20)29(32)33/h4-9,12-15H,10-11H2,1-3H3/b24-14-. The minimum absolute atomic E-state index is 0.105. The zero-order chi connectivity index (χ0) is 26.0. The predicted octanol–water partition coefficient (Wildman–Crippen LogP) is 7.06. The summed E-state index contributed by atoms with van der Waals surface area (Å²) >= 11 is 6.69. The van der Waals surface area contributed by atoms with Crippen LogP contribution in [-0.4, -0.2) is 34.1 Å². The van der Waals surface area contributed by atoms with Gasteiger partial charge in [-0.3, -0.25) is 24.6 Å². The minimum atomic E-state index is -0.544. The van der Waals surface area contributed by atoms with Crippen molar-refractivity contribution >= 4 is 46.3 Å². The Balaban J connectivity index is 1.46. The van der Waals surface area contributed by atoms with Gasteiger partial charge in [0.25, 0.3) is 16.8 Å². The van der Waals surface area contributed by atoms with Crippen molar-refractivity contribution in [1.29, 1.82) is 0 Å². The van der Waals surface area contributed by atoms with Crippen LogP contribution in [0.5, 0.6) is 5.75 Å². The van der Waals surface area contributed by atoms with Gasteiger partial charge in [0.2, 0.25) is 0 Å². The van der Waals surface area contributed by atoms with Gasteiger partial charge in [-0.1, -0.05) is 37.6 Å². The second kappa shape index (κ2) is 10.6. The highest BCUT2D eigenvalue weighted by atomic mass is 35.5. The summed E-state index contributed by atoms with van der Waals surface area (Å²) < 4.78 is 11.6. The van der Waals surface area contributed by atoms with Crippen molar-refractivity contribution in [3.63, 3.8) is 0 Å². The lowest BCUT2D eigenvalue weighted by atomic mass is 10.0. The van der Waals surface area contributed by atoms with Crippen LogP contribution in [0.3, 0.4) is 0 Å². The van der Waals surface area contributed by atoms with Crippen LogP contribution < -0.4 is 4.74 Å². The molecule has 0 saturated carbocycles. The van der Waals surface area contributed by atoms with E-state index in [2.05, 4.69) is 13.8 Å². The number of thioether (sulfide) groups is 1. The molecule has 0 bridgehead atoms. The molecular formula is C26H23ClN2O6S. The molecule has 1 aliphatic rings. The molecule has 1 aromatic heterocycles. The Labute approximate surface area is 217 Å². The molecule has 8 nitrogen and oxygen atoms in total. The average molecular weight is 527 g/mol. The summed E-state index contributed by atoms with van der Waals surface area (Å²) in [7, 11) is 0. The maximum Gasteiger partial charge on any atom is 0.293 e. The summed E-state index contributed by atoms with van der Waals surface area (Å²) in [5.74, 6) is 1.10. The molecule has 3 aromatic rings. The van der Waals surface area contributed by atoms with Crippen LogP contribution in [0, 0.1) is 17.0 Å². The van der Waals surface area contributed by atoms with Crippen molar-refractivity contribution in [3.05, 3.63) is 85.5 Å². The Morgan fingerprint density at radius 3 is 2.67 bits per heavy atom. The fraction of sp³-hybridized carbons (Fsp3) is 0.231. The SMILES string of the molecule is Cc1ccc(C(C)C)c(OCCN2C(=O)S/C(=C\c3ccc(-c4ccc(Cl)cc4[N+](=O)[O-])o3)C2=O)c1. The summed E-state index contributed by atoms with van der Waals surface area (Å²) in [6.45, 7) is 6.39. The second-order valence-corrected chi connectivity index (χ2v) is 9.93. The van der Waals surface area contributed by atoms with Crippen LogP contribution >= 0.6 is 23.4 Å². The first-order valence-corrected chi connectivity index (χ1v) is 12.4. The number of furan rings is 1. The number of aryl methyl sites for hydroxylation is 1. The van der Waals surface area contributed by atoms with E-state index in [-0.39, 0.29) is 51.8 Å². The Hall–Kier alpha value is -3.56. The maximum atomic E-state index is 12.9. The number of carbonyl (C=O) groups is 2. The van der Waals surface area contributed by atoms with Gasteiger partial charge in [-0.05, 0) is 66.1 Å². The molecule has 186 valence electrons. The Morgan fingerprint density at radius 1 is 1.17 bits per heavy atom. The van der Waals surface area contributed by atoms with Crippen LogP contribution in [0.25, 0.3) is 17.4 Å². The van der Waals surface area contributed by atoms with Crippen LogP contribution in [0.4, 0.5) is 10.5 Å². The Morgan fingerprint density at radius 2 is 1.94 bits per heavy atom. The Kier molecular flexibility index (Phi) is 7.51. The lowest BCUT2D eigenvalue weighted by molar-refractivity contribution is -0.384. The highest BCUT2D eigenvalue weighted by Crippen LogP contribution is 2.36. The number of amides is 2. The van der Waals surface area contributed by atoms with Gasteiger partial charge in [-0.2, -0.15) is 0 Å². The highest BCUT2D eigenvalue weighted by Gasteiger charge is 2.35. The van der Waals surface area contributed by atoms with E-state index >= 15 is 0 Å². The average Bonchev–Trinajstić information content (AvgIpc) is 3.38. The number of nitrogens with zero attached hydrogens (tertiary/aromatic N) is 2. The van der Waals surface area contributed by atoms with Crippen molar-refractivity contribution < 1.29 is 23.7 Å². The Bertz CT molecular complexity index is 1380. The molecule has 36 heavy (non-hydrogen) atoms. The van der Waals surface area contributed by atoms with Gasteiger partial charge < -0.3 is 9.15 Å². The molecule has 0 unspecified atom stereocenters. The molecule has 1 saturated heterocycles. The number of rotatable bonds is 8. The fourth-order valence-electron chi connectivity index (χ4n) is 3.75. The largest absolute Gasteiger partial charge is 0.491 e. The van der Waals surface area contributed by atoms with E-state index in [1.54, 1.807) is 12.1 Å². The maximum absolute atomic E-state index is 12.9. The summed E-state index contributed by atoms with van der Waals surface area (Å²) in [5, 5.41) is 11.2. The van der Waals surface area contributed by atoms with Crippen LogP contribution in [0.2, 0.25) is 5.02 Å². The molecule has 2 amide bonds. The van der Waals surface area contributed by atoms with E-state index < -0.39 is 16.1 Å². The molecule has 1 fully saturated rings. The third-order valence-corrected chi connectivity index (χ3v) is 6.70. The number of benzene rings is 2. The van der Waals surface area contributed by atoms with Crippen molar-refractivity contribution in [1.82, 2.24) is 4.90 Å². The van der Waals surface area contributed by atoms with Gasteiger partial charge in [0.15, 0.2) is 0 Å². The number of ether oxygens (including phenoxy) is 1. The topological polar surface area (TPSA) is 103 Å². The van der Waals surface area contributed by atoms with Crippen molar-refractivity contribution in [2.24, 2.45) is 0 Å². The molecule has 1 aliphatic heterocycles. The smallest absolute Gasteiger partial charge is 0.293 e. The monoisotopic (exact) mass is 526 g/mol. The van der Waals surface area contributed by atoms with Crippen LogP contribution in [0.1, 0.15) is 36.7 Å². The zero-order valence-electron chi connectivity index (χ0n) is 19.8. The fourth-order valence-corrected chi connectivity index (χ4v) is 4.76. The third-order valence-electron chi connectivity index (χ3n) is 5.56. The molecule has 0 N–H and O–H groups in total. The van der Waals surface area contributed by atoms with Crippen LogP contribution in [0.15, 0.2) is 57.9 Å². The summed E-state index contributed by atoms with van der Waals surface area (Å²) in [6.07, 6.45) is 1.45. The lowest BCUT2D eigenvalue weighted by Gasteiger charge is -2.17. The zero-order valence-corrected chi connectivity index (χ0v) is 21.4. The first-order valence-electron chi connectivity index (χ1n) is 11.2. The molecule has 0 spiro atoms. The van der Waals surface area contributed by atoms with E-state index in [4.69, 9.17) is 20.8 Å². The first kappa shape index (κ1) is 25.5. The summed E-state index contributed by atoms with van der Waals surface area (Å²) in [4.78, 5) is 37.5. The van der Waals surface area contributed by atoms with E-state index in [9.17, 15) is 19.7 Å². The number of nitro groups is 1. The van der Waals surface area contributed by atoms with Crippen molar-refractivity contribution in [3.8, 4) is 17.1 Å². The third kappa shape index (κ3) is 5.47. The number of nitro benzene ring substituents is 1. The van der Waals surface area contributed by atoms with Gasteiger partial charge in [0.05, 0.1) is 21.9 Å².